The summed E-state index contributed by atoms with van der Waals surface area (Å²) in [6, 6.07) is 7.40. The number of rotatable bonds is 4. The Balaban J connectivity index is 1.25. The number of likely N-dealkylation sites (tertiary alicyclic amines) is 1. The molecule has 0 radical (unpaired) electrons. The number of benzene rings is 1. The van der Waals surface area contributed by atoms with Crippen LogP contribution in [0, 0.1) is 0 Å². The second kappa shape index (κ2) is 9.24. The van der Waals surface area contributed by atoms with Gasteiger partial charge in [-0.15, -0.1) is 22.7 Å². The van der Waals surface area contributed by atoms with E-state index in [1.165, 1.54) is 39.8 Å². The van der Waals surface area contributed by atoms with E-state index in [1.54, 1.807) is 23.1 Å². The van der Waals surface area contributed by atoms with E-state index in [9.17, 15) is 13.2 Å². The van der Waals surface area contributed by atoms with Gasteiger partial charge in [-0.3, -0.25) is 9.69 Å². The van der Waals surface area contributed by atoms with Gasteiger partial charge < -0.3 is 4.90 Å². The SMILES string of the molecule is CN1CCCCC1c1cnc(C(=O)N2CCN(S(=O)(=O)c3cc4ccc(Cl)cc4s3)CC2)s1. The third-order valence-electron chi connectivity index (χ3n) is 6.38. The molecule has 0 spiro atoms. The third-order valence-corrected chi connectivity index (χ3v) is 11.2. The van der Waals surface area contributed by atoms with Crippen molar-refractivity contribution in [2.24, 2.45) is 0 Å². The van der Waals surface area contributed by atoms with Crippen LogP contribution in [0.3, 0.4) is 0 Å². The number of hydrogen-bond acceptors (Lipinski definition) is 7. The lowest BCUT2D eigenvalue weighted by Crippen LogP contribution is -2.50. The van der Waals surface area contributed by atoms with E-state index in [-0.39, 0.29) is 19.0 Å². The molecule has 0 bridgehead atoms. The smallest absolute Gasteiger partial charge is 0.282 e. The van der Waals surface area contributed by atoms with Gasteiger partial charge in [0.2, 0.25) is 0 Å². The van der Waals surface area contributed by atoms with Crippen LogP contribution in [-0.4, -0.2) is 73.2 Å². The fraction of sp³-hybridized carbons (Fsp3) is 0.455. The zero-order valence-electron chi connectivity index (χ0n) is 18.2. The summed E-state index contributed by atoms with van der Waals surface area (Å²) in [5.74, 6) is -0.113. The van der Waals surface area contributed by atoms with E-state index in [2.05, 4.69) is 16.9 Å². The molecule has 1 aromatic carbocycles. The van der Waals surface area contributed by atoms with Gasteiger partial charge in [-0.25, -0.2) is 13.4 Å². The Morgan fingerprint density at radius 1 is 1.09 bits per heavy atom. The largest absolute Gasteiger partial charge is 0.334 e. The number of piperidine rings is 1. The van der Waals surface area contributed by atoms with E-state index in [4.69, 9.17) is 11.6 Å². The van der Waals surface area contributed by atoms with Crippen molar-refractivity contribution in [1.29, 1.82) is 0 Å². The van der Waals surface area contributed by atoms with Gasteiger partial charge in [0.25, 0.3) is 15.9 Å². The van der Waals surface area contributed by atoms with Crippen LogP contribution in [-0.2, 0) is 10.0 Å². The van der Waals surface area contributed by atoms with Crippen molar-refractivity contribution in [2.45, 2.75) is 29.5 Å². The average molecular weight is 525 g/mol. The summed E-state index contributed by atoms with van der Waals surface area (Å²) >= 11 is 8.73. The summed E-state index contributed by atoms with van der Waals surface area (Å²) in [6.07, 6.45) is 5.32. The van der Waals surface area contributed by atoms with Crippen LogP contribution in [0.15, 0.2) is 34.7 Å². The first kappa shape index (κ1) is 23.2. The number of fused-ring (bicyclic) bond motifs is 1. The van der Waals surface area contributed by atoms with Crippen LogP contribution in [0.5, 0.6) is 0 Å². The first-order valence-electron chi connectivity index (χ1n) is 11.0. The van der Waals surface area contributed by atoms with Gasteiger partial charge in [0.15, 0.2) is 5.01 Å². The van der Waals surface area contributed by atoms with Gasteiger partial charge in [0.1, 0.15) is 4.21 Å². The number of thiophene rings is 1. The van der Waals surface area contributed by atoms with Gasteiger partial charge in [-0.1, -0.05) is 24.1 Å². The first-order chi connectivity index (χ1) is 15.8. The summed E-state index contributed by atoms with van der Waals surface area (Å²) in [5, 5.41) is 1.93. The quantitative estimate of drug-likeness (QED) is 0.508. The Labute approximate surface area is 206 Å². The minimum atomic E-state index is -3.61. The molecule has 7 nitrogen and oxygen atoms in total. The Hall–Kier alpha value is -1.56. The topological polar surface area (TPSA) is 73.8 Å². The maximum absolute atomic E-state index is 13.2. The number of piperazine rings is 1. The van der Waals surface area contributed by atoms with Crippen LogP contribution < -0.4 is 0 Å². The van der Waals surface area contributed by atoms with Crippen molar-refractivity contribution < 1.29 is 13.2 Å². The Morgan fingerprint density at radius 2 is 1.88 bits per heavy atom. The predicted octanol–water partition coefficient (Wildman–Crippen LogP) is 4.31. The lowest BCUT2D eigenvalue weighted by molar-refractivity contribution is 0.0697. The first-order valence-corrected chi connectivity index (χ1v) is 14.4. The summed E-state index contributed by atoms with van der Waals surface area (Å²) in [6.45, 7) is 2.31. The van der Waals surface area contributed by atoms with Crippen LogP contribution in [0.25, 0.3) is 10.1 Å². The summed E-state index contributed by atoms with van der Waals surface area (Å²) in [4.78, 5) is 22.6. The van der Waals surface area contributed by atoms with Crippen LogP contribution in [0.1, 0.15) is 40.0 Å². The number of carbonyl (C=O) groups is 1. The molecule has 2 aliphatic rings. The number of sulfonamides is 1. The number of amides is 1. The molecule has 2 saturated heterocycles. The minimum absolute atomic E-state index is 0.113. The fourth-order valence-electron chi connectivity index (χ4n) is 4.48. The van der Waals surface area contributed by atoms with E-state index in [0.29, 0.717) is 33.4 Å². The molecular formula is C22H25ClN4O3S3. The molecule has 2 aliphatic heterocycles. The number of carbonyl (C=O) groups excluding carboxylic acids is 1. The van der Waals surface area contributed by atoms with Crippen molar-refractivity contribution in [1.82, 2.24) is 19.1 Å². The van der Waals surface area contributed by atoms with E-state index in [1.807, 2.05) is 12.3 Å². The van der Waals surface area contributed by atoms with Crippen LogP contribution in [0.4, 0.5) is 0 Å². The van der Waals surface area contributed by atoms with Gasteiger partial charge in [0.05, 0.1) is 0 Å². The van der Waals surface area contributed by atoms with Crippen molar-refractivity contribution in [3.63, 3.8) is 0 Å². The van der Waals surface area contributed by atoms with Crippen molar-refractivity contribution in [3.8, 4) is 0 Å². The maximum atomic E-state index is 13.2. The van der Waals surface area contributed by atoms with Crippen LogP contribution in [0.2, 0.25) is 5.02 Å². The van der Waals surface area contributed by atoms with E-state index in [0.717, 1.165) is 27.9 Å². The lowest BCUT2D eigenvalue weighted by Gasteiger charge is -2.33. The Bertz CT molecular complexity index is 1280. The highest BCUT2D eigenvalue weighted by Gasteiger charge is 2.33. The molecule has 5 rings (SSSR count). The average Bonchev–Trinajstić information content (AvgIpc) is 3.46. The van der Waals surface area contributed by atoms with Gasteiger partial charge in [-0.2, -0.15) is 4.31 Å². The summed E-state index contributed by atoms with van der Waals surface area (Å²) in [5.41, 5.74) is 0. The second-order valence-electron chi connectivity index (χ2n) is 8.50. The third kappa shape index (κ3) is 4.56. The zero-order valence-corrected chi connectivity index (χ0v) is 21.4. The van der Waals surface area contributed by atoms with Gasteiger partial charge >= 0.3 is 0 Å². The highest BCUT2D eigenvalue weighted by molar-refractivity contribution is 7.91. The molecule has 2 aromatic heterocycles. The molecule has 2 fully saturated rings. The molecule has 4 heterocycles. The minimum Gasteiger partial charge on any atom is -0.334 e. The number of aromatic nitrogens is 1. The fourth-order valence-corrected chi connectivity index (χ4v) is 8.81. The molecule has 0 aliphatic carbocycles. The van der Waals surface area contributed by atoms with Crippen molar-refractivity contribution in [3.05, 3.63) is 45.4 Å². The van der Waals surface area contributed by atoms with Crippen molar-refractivity contribution >= 4 is 60.3 Å². The molecule has 3 aromatic rings. The summed E-state index contributed by atoms with van der Waals surface area (Å²) < 4.78 is 29.0. The van der Waals surface area contributed by atoms with Gasteiger partial charge in [-0.05, 0) is 50.0 Å². The molecule has 33 heavy (non-hydrogen) atoms. The predicted molar refractivity (Wildman–Crippen MR) is 133 cm³/mol. The maximum Gasteiger partial charge on any atom is 0.282 e. The Kier molecular flexibility index (Phi) is 6.49. The monoisotopic (exact) mass is 524 g/mol. The number of hydrogen-bond donors (Lipinski definition) is 0. The normalized spacial score (nSPS) is 21.0. The molecule has 0 N–H and O–H groups in total. The highest BCUT2D eigenvalue weighted by atomic mass is 35.5. The molecule has 1 atom stereocenters. The molecule has 1 unspecified atom stereocenters. The number of thiazole rings is 1. The zero-order chi connectivity index (χ0) is 23.2. The second-order valence-corrected chi connectivity index (χ2v) is 13.3. The standard InChI is InChI=1S/C22H25ClN4O3S3/c1-25-7-3-2-4-17(25)19-14-24-21(32-19)22(28)26-8-10-27(11-9-26)33(29,30)20-12-15-5-6-16(23)13-18(15)31-20/h5-6,12-14,17H,2-4,7-11H2,1H3. The van der Waals surface area contributed by atoms with E-state index < -0.39 is 10.0 Å². The number of halogens is 1. The molecule has 1 amide bonds. The molecule has 11 heteroatoms. The highest BCUT2D eigenvalue weighted by Crippen LogP contribution is 2.34. The van der Waals surface area contributed by atoms with Crippen LogP contribution >= 0.6 is 34.3 Å². The molecular weight excluding hydrogens is 500 g/mol. The van der Waals surface area contributed by atoms with Crippen molar-refractivity contribution in [2.75, 3.05) is 39.8 Å². The lowest BCUT2D eigenvalue weighted by atomic mass is 10.0. The number of nitrogens with zero attached hydrogens (tertiary/aromatic N) is 4. The van der Waals surface area contributed by atoms with Gasteiger partial charge in [0, 0.05) is 53.0 Å². The summed E-state index contributed by atoms with van der Waals surface area (Å²) in [7, 11) is -1.49. The van der Waals surface area contributed by atoms with E-state index >= 15 is 0 Å². The molecule has 176 valence electrons. The molecule has 0 saturated carbocycles. The Morgan fingerprint density at radius 3 is 2.64 bits per heavy atom.